The largest absolute Gasteiger partial charge is 0.352 e. The van der Waals surface area contributed by atoms with Crippen LogP contribution in [0.3, 0.4) is 0 Å². The third-order valence-electron chi connectivity index (χ3n) is 3.86. The average molecular weight is 274 g/mol. The molecule has 1 aromatic carbocycles. The van der Waals surface area contributed by atoms with Crippen LogP contribution in [0, 0.1) is 5.41 Å². The average Bonchev–Trinajstić information content (AvgIpc) is 2.38. The van der Waals surface area contributed by atoms with E-state index in [1.165, 1.54) is 11.1 Å². The first-order chi connectivity index (χ1) is 9.43. The molecule has 1 atom stereocenters. The van der Waals surface area contributed by atoms with E-state index in [0.29, 0.717) is 0 Å². The fraction of sp³-hybridized carbons (Fsp3) is 0.588. The second-order valence-electron chi connectivity index (χ2n) is 6.68. The van der Waals surface area contributed by atoms with Gasteiger partial charge in [0, 0.05) is 18.2 Å². The van der Waals surface area contributed by atoms with Crippen LogP contribution in [0.4, 0.5) is 0 Å². The summed E-state index contributed by atoms with van der Waals surface area (Å²) in [6.07, 6.45) is 2.04. The molecule has 20 heavy (non-hydrogen) atoms. The van der Waals surface area contributed by atoms with Gasteiger partial charge in [0.2, 0.25) is 0 Å². The molecule has 0 radical (unpaired) electrons. The van der Waals surface area contributed by atoms with E-state index in [0.717, 1.165) is 31.5 Å². The highest BCUT2D eigenvalue weighted by Crippen LogP contribution is 2.34. The fourth-order valence-electron chi connectivity index (χ4n) is 2.82. The van der Waals surface area contributed by atoms with Crippen LogP contribution in [-0.4, -0.2) is 19.0 Å². The lowest BCUT2D eigenvalue weighted by molar-refractivity contribution is 0.0945. The minimum Gasteiger partial charge on any atom is -0.352 e. The van der Waals surface area contributed by atoms with Gasteiger partial charge in [-0.05, 0) is 42.0 Å². The highest BCUT2D eigenvalue weighted by molar-refractivity contribution is 5.96. The predicted molar refractivity (Wildman–Crippen MR) is 83.0 cm³/mol. The van der Waals surface area contributed by atoms with Crippen LogP contribution in [0.2, 0.25) is 0 Å². The van der Waals surface area contributed by atoms with E-state index in [1.807, 2.05) is 0 Å². The molecule has 0 saturated carbocycles. The SMILES string of the molecule is CCCNC(c1ccc2c(c1)C(=O)NCC2)C(C)(C)C. The quantitative estimate of drug-likeness (QED) is 0.886. The number of carbonyl (C=O) groups excluding carboxylic acids is 1. The van der Waals surface area contributed by atoms with Crippen molar-refractivity contribution in [2.24, 2.45) is 5.41 Å². The Bertz CT molecular complexity index is 488. The molecule has 3 heteroatoms. The van der Waals surface area contributed by atoms with Crippen LogP contribution >= 0.6 is 0 Å². The van der Waals surface area contributed by atoms with Crippen molar-refractivity contribution in [1.82, 2.24) is 10.6 Å². The first-order valence-electron chi connectivity index (χ1n) is 7.58. The minimum absolute atomic E-state index is 0.0660. The van der Waals surface area contributed by atoms with Gasteiger partial charge in [0.25, 0.3) is 5.91 Å². The van der Waals surface area contributed by atoms with Crippen molar-refractivity contribution in [2.75, 3.05) is 13.1 Å². The highest BCUT2D eigenvalue weighted by atomic mass is 16.1. The van der Waals surface area contributed by atoms with Crippen molar-refractivity contribution in [3.8, 4) is 0 Å². The number of benzene rings is 1. The van der Waals surface area contributed by atoms with Gasteiger partial charge in [0.15, 0.2) is 0 Å². The van der Waals surface area contributed by atoms with E-state index in [9.17, 15) is 4.79 Å². The Balaban J connectivity index is 2.34. The van der Waals surface area contributed by atoms with Gasteiger partial charge in [0.1, 0.15) is 0 Å². The molecule has 110 valence electrons. The number of carbonyl (C=O) groups is 1. The van der Waals surface area contributed by atoms with Crippen molar-refractivity contribution >= 4 is 5.91 Å². The summed E-state index contributed by atoms with van der Waals surface area (Å²) >= 11 is 0. The molecule has 1 aliphatic rings. The summed E-state index contributed by atoms with van der Waals surface area (Å²) in [5.74, 6) is 0.0660. The minimum atomic E-state index is 0.0660. The number of fused-ring (bicyclic) bond motifs is 1. The standard InChI is InChI=1S/C17H26N2O/c1-5-9-18-15(17(2,3)4)13-7-6-12-8-10-19-16(20)14(12)11-13/h6-7,11,15,18H,5,8-10H2,1-4H3,(H,19,20). The van der Waals surface area contributed by atoms with Gasteiger partial charge in [-0.3, -0.25) is 4.79 Å². The molecule has 0 aliphatic carbocycles. The summed E-state index contributed by atoms with van der Waals surface area (Å²) in [6.45, 7) is 10.6. The lowest BCUT2D eigenvalue weighted by atomic mass is 9.81. The fourth-order valence-corrected chi connectivity index (χ4v) is 2.82. The smallest absolute Gasteiger partial charge is 0.251 e. The molecule has 2 rings (SSSR count). The van der Waals surface area contributed by atoms with Gasteiger partial charge in [0.05, 0.1) is 0 Å². The maximum Gasteiger partial charge on any atom is 0.251 e. The zero-order valence-electron chi connectivity index (χ0n) is 13.0. The lowest BCUT2D eigenvalue weighted by Crippen LogP contribution is -2.35. The number of nitrogens with one attached hydrogen (secondary N) is 2. The third kappa shape index (κ3) is 3.21. The van der Waals surface area contributed by atoms with Gasteiger partial charge in [-0.15, -0.1) is 0 Å². The van der Waals surface area contributed by atoms with Crippen molar-refractivity contribution < 1.29 is 4.79 Å². The maximum atomic E-state index is 12.0. The molecule has 1 aliphatic heterocycles. The zero-order valence-corrected chi connectivity index (χ0v) is 13.0. The molecule has 2 N–H and O–H groups in total. The summed E-state index contributed by atoms with van der Waals surface area (Å²) in [7, 11) is 0. The van der Waals surface area contributed by atoms with Crippen molar-refractivity contribution in [2.45, 2.75) is 46.6 Å². The molecule has 0 spiro atoms. The Morgan fingerprint density at radius 2 is 2.10 bits per heavy atom. The molecular formula is C17H26N2O. The first kappa shape index (κ1) is 15.0. The molecule has 0 bridgehead atoms. The molecule has 1 aromatic rings. The van der Waals surface area contributed by atoms with Gasteiger partial charge in [-0.1, -0.05) is 39.8 Å². The zero-order chi connectivity index (χ0) is 14.8. The van der Waals surface area contributed by atoms with E-state index < -0.39 is 0 Å². The molecular weight excluding hydrogens is 248 g/mol. The van der Waals surface area contributed by atoms with E-state index in [2.05, 4.69) is 56.5 Å². The summed E-state index contributed by atoms with van der Waals surface area (Å²) in [5.41, 5.74) is 3.35. The van der Waals surface area contributed by atoms with Crippen molar-refractivity contribution in [3.05, 3.63) is 34.9 Å². The van der Waals surface area contributed by atoms with Gasteiger partial charge in [-0.25, -0.2) is 0 Å². The van der Waals surface area contributed by atoms with E-state index in [-0.39, 0.29) is 17.4 Å². The molecule has 1 amide bonds. The Morgan fingerprint density at radius 1 is 1.35 bits per heavy atom. The highest BCUT2D eigenvalue weighted by Gasteiger charge is 2.27. The van der Waals surface area contributed by atoms with Gasteiger partial charge < -0.3 is 10.6 Å². The number of rotatable bonds is 4. The molecule has 0 saturated heterocycles. The van der Waals surface area contributed by atoms with E-state index in [4.69, 9.17) is 0 Å². The number of hydrogen-bond acceptors (Lipinski definition) is 2. The molecule has 0 fully saturated rings. The second kappa shape index (κ2) is 5.96. The topological polar surface area (TPSA) is 41.1 Å². The van der Waals surface area contributed by atoms with E-state index in [1.54, 1.807) is 0 Å². The summed E-state index contributed by atoms with van der Waals surface area (Å²) in [6, 6.07) is 6.64. The summed E-state index contributed by atoms with van der Waals surface area (Å²) in [5, 5.41) is 6.54. The predicted octanol–water partition coefficient (Wildman–Crippen LogP) is 3.06. The van der Waals surface area contributed by atoms with Crippen LogP contribution < -0.4 is 10.6 Å². The van der Waals surface area contributed by atoms with Crippen molar-refractivity contribution in [1.29, 1.82) is 0 Å². The molecule has 0 aromatic heterocycles. The number of amides is 1. The Kier molecular flexibility index (Phi) is 4.48. The van der Waals surface area contributed by atoms with Gasteiger partial charge >= 0.3 is 0 Å². The molecule has 3 nitrogen and oxygen atoms in total. The molecule has 1 heterocycles. The van der Waals surface area contributed by atoms with Crippen LogP contribution in [0.15, 0.2) is 18.2 Å². The Labute approximate surface area is 122 Å². The number of hydrogen-bond donors (Lipinski definition) is 2. The Hall–Kier alpha value is -1.35. The van der Waals surface area contributed by atoms with E-state index >= 15 is 0 Å². The summed E-state index contributed by atoms with van der Waals surface area (Å²) < 4.78 is 0. The Morgan fingerprint density at radius 3 is 2.75 bits per heavy atom. The van der Waals surface area contributed by atoms with Crippen LogP contribution in [0.5, 0.6) is 0 Å². The van der Waals surface area contributed by atoms with Gasteiger partial charge in [-0.2, -0.15) is 0 Å². The molecule has 1 unspecified atom stereocenters. The van der Waals surface area contributed by atoms with Crippen LogP contribution in [0.25, 0.3) is 0 Å². The first-order valence-corrected chi connectivity index (χ1v) is 7.58. The maximum absolute atomic E-state index is 12.0. The second-order valence-corrected chi connectivity index (χ2v) is 6.68. The van der Waals surface area contributed by atoms with Crippen LogP contribution in [-0.2, 0) is 6.42 Å². The normalized spacial score (nSPS) is 16.5. The van der Waals surface area contributed by atoms with Crippen molar-refractivity contribution in [3.63, 3.8) is 0 Å². The third-order valence-corrected chi connectivity index (χ3v) is 3.86. The monoisotopic (exact) mass is 274 g/mol. The summed E-state index contributed by atoms with van der Waals surface area (Å²) in [4.78, 5) is 12.0. The van der Waals surface area contributed by atoms with Crippen LogP contribution in [0.1, 0.15) is 61.6 Å². The lowest BCUT2D eigenvalue weighted by Gasteiger charge is -2.33.